The number of carbonyl (C=O) groups excluding carboxylic acids is 1. The van der Waals surface area contributed by atoms with Crippen LogP contribution in [0.25, 0.3) is 11.1 Å². The van der Waals surface area contributed by atoms with Crippen LogP contribution >= 0.6 is 0 Å². The van der Waals surface area contributed by atoms with Crippen molar-refractivity contribution in [1.82, 2.24) is 10.2 Å². The number of rotatable bonds is 25. The van der Waals surface area contributed by atoms with Crippen LogP contribution in [-0.2, 0) is 32.2 Å². The maximum absolute atomic E-state index is 12.1. The van der Waals surface area contributed by atoms with E-state index in [-0.39, 0.29) is 37.6 Å². The molecule has 0 bridgehead atoms. The number of unbranched alkanes of at least 4 members (excludes halogenated alkanes) is 10. The van der Waals surface area contributed by atoms with Gasteiger partial charge in [0.2, 0.25) is 5.91 Å². The van der Waals surface area contributed by atoms with Gasteiger partial charge in [0.1, 0.15) is 0 Å². The fraction of sp³-hybridized carbons (Fsp3) is 0.556. The Bertz CT molecular complexity index is 1480. The van der Waals surface area contributed by atoms with E-state index in [1.54, 1.807) is 0 Å². The van der Waals surface area contributed by atoms with Crippen LogP contribution in [0.15, 0.2) is 72.8 Å². The number of aliphatic carboxylic acids is 1. The molecule has 290 valence electrons. The maximum Gasteiger partial charge on any atom is 0.303 e. The molecule has 1 heterocycles. The predicted molar refractivity (Wildman–Crippen MR) is 212 cm³/mol. The molecule has 4 rings (SSSR count). The molecule has 53 heavy (non-hydrogen) atoms. The minimum absolute atomic E-state index is 0.00632. The highest BCUT2D eigenvalue weighted by Crippen LogP contribution is 2.39. The lowest BCUT2D eigenvalue weighted by atomic mass is 9.98. The molecule has 0 saturated carbocycles. The molecule has 0 radical (unpaired) electrons. The molecule has 3 N–H and O–H groups in total. The number of carboxylic acids is 1. The van der Waals surface area contributed by atoms with Gasteiger partial charge in [0, 0.05) is 31.5 Å². The number of nitrogens with zero attached hydrogens (tertiary/aromatic N) is 1. The molecule has 3 aromatic carbocycles. The minimum atomic E-state index is -0.983. The highest BCUT2D eigenvalue weighted by molar-refractivity contribution is 5.80. The summed E-state index contributed by atoms with van der Waals surface area (Å²) in [7, 11) is 0. The van der Waals surface area contributed by atoms with Gasteiger partial charge >= 0.3 is 5.97 Å². The molecule has 3 unspecified atom stereocenters. The summed E-state index contributed by atoms with van der Waals surface area (Å²) in [5.41, 5.74) is 5.89. The second-order valence-electron chi connectivity index (χ2n) is 14.7. The normalized spacial score (nSPS) is 17.2. The number of benzene rings is 3. The summed E-state index contributed by atoms with van der Waals surface area (Å²) in [5.74, 6) is -1.26. The summed E-state index contributed by atoms with van der Waals surface area (Å²) in [6, 6.07) is 24.4. The van der Waals surface area contributed by atoms with Crippen LogP contribution in [0.1, 0.15) is 145 Å². The van der Waals surface area contributed by atoms with Crippen molar-refractivity contribution in [2.75, 3.05) is 19.6 Å². The van der Waals surface area contributed by atoms with Gasteiger partial charge in [-0.1, -0.05) is 139 Å². The molecule has 0 aromatic heterocycles. The van der Waals surface area contributed by atoms with Crippen LogP contribution < -0.4 is 5.32 Å². The van der Waals surface area contributed by atoms with Crippen LogP contribution in [-0.4, -0.2) is 52.7 Å². The van der Waals surface area contributed by atoms with Crippen LogP contribution in [0, 0.1) is 0 Å². The molecule has 8 heteroatoms. The maximum atomic E-state index is 12.1. The van der Waals surface area contributed by atoms with Gasteiger partial charge in [0.05, 0.1) is 25.2 Å². The number of nitrogens with one attached hydrogen (secondary N) is 1. The zero-order valence-electron chi connectivity index (χ0n) is 32.3. The summed E-state index contributed by atoms with van der Waals surface area (Å²) in [6.07, 6.45) is 15.2. The monoisotopic (exact) mass is 728 g/mol. The molecule has 1 saturated heterocycles. The Labute approximate surface area is 318 Å². The Morgan fingerprint density at radius 2 is 1.34 bits per heavy atom. The number of hydrogen-bond acceptors (Lipinski definition) is 6. The summed E-state index contributed by atoms with van der Waals surface area (Å²) in [5, 5.41) is 21.4. The van der Waals surface area contributed by atoms with Gasteiger partial charge in [0.25, 0.3) is 0 Å². The van der Waals surface area contributed by atoms with E-state index in [1.807, 2.05) is 36.4 Å². The average Bonchev–Trinajstić information content (AvgIpc) is 3.18. The van der Waals surface area contributed by atoms with Crippen molar-refractivity contribution in [3.8, 4) is 11.1 Å². The standard InChI is InChI=1S/C45H64N2O6/c1-3-5-7-9-11-13-27-47(28-14-12-10-8-6-4-2)33-41-31-42(37-23-21-35(34-48)22-24-37)53-45(52-41)40-20-16-19-39(30-40)38-18-15-17-36(29-38)32-46-43(49)25-26-44(50)51/h15-24,29-30,41-42,45,48H,3-14,25-28,31-34H2,1-2H3,(H,46,49)(H,50,51). The molecule has 1 aliphatic heterocycles. The average molecular weight is 729 g/mol. The third kappa shape index (κ3) is 15.4. The van der Waals surface area contributed by atoms with E-state index in [4.69, 9.17) is 14.6 Å². The van der Waals surface area contributed by atoms with E-state index in [0.717, 1.165) is 59.4 Å². The summed E-state index contributed by atoms with van der Waals surface area (Å²) in [6.45, 7) is 7.93. The first kappa shape index (κ1) is 42.2. The Kier molecular flexibility index (Phi) is 19.1. The zero-order chi connectivity index (χ0) is 37.7. The van der Waals surface area contributed by atoms with Gasteiger partial charge in [-0.3, -0.25) is 9.59 Å². The van der Waals surface area contributed by atoms with E-state index in [2.05, 4.69) is 60.5 Å². The molecule has 1 amide bonds. The van der Waals surface area contributed by atoms with Crippen molar-refractivity contribution in [2.45, 2.75) is 142 Å². The first-order chi connectivity index (χ1) is 25.9. The number of amides is 1. The second-order valence-corrected chi connectivity index (χ2v) is 14.7. The van der Waals surface area contributed by atoms with Crippen LogP contribution in [0.3, 0.4) is 0 Å². The largest absolute Gasteiger partial charge is 0.481 e. The smallest absolute Gasteiger partial charge is 0.303 e. The van der Waals surface area contributed by atoms with E-state index < -0.39 is 12.3 Å². The van der Waals surface area contributed by atoms with Crippen LogP contribution in [0.2, 0.25) is 0 Å². The quantitative estimate of drug-likeness (QED) is 0.0746. The Balaban J connectivity index is 1.50. The summed E-state index contributed by atoms with van der Waals surface area (Å²) in [4.78, 5) is 25.6. The van der Waals surface area contributed by atoms with Crippen LogP contribution in [0.5, 0.6) is 0 Å². The third-order valence-corrected chi connectivity index (χ3v) is 10.2. The van der Waals surface area contributed by atoms with Crippen molar-refractivity contribution >= 4 is 11.9 Å². The van der Waals surface area contributed by atoms with Gasteiger partial charge < -0.3 is 29.9 Å². The van der Waals surface area contributed by atoms with E-state index in [9.17, 15) is 14.7 Å². The molecule has 8 nitrogen and oxygen atoms in total. The number of hydrogen-bond donors (Lipinski definition) is 3. The molecule has 1 aliphatic rings. The van der Waals surface area contributed by atoms with Gasteiger partial charge in [0.15, 0.2) is 6.29 Å². The number of carbonyl (C=O) groups is 2. The number of ether oxygens (including phenoxy) is 2. The van der Waals surface area contributed by atoms with Gasteiger partial charge in [-0.15, -0.1) is 0 Å². The Morgan fingerprint density at radius 3 is 1.98 bits per heavy atom. The first-order valence-corrected chi connectivity index (χ1v) is 20.3. The third-order valence-electron chi connectivity index (χ3n) is 10.2. The minimum Gasteiger partial charge on any atom is -0.481 e. The lowest BCUT2D eigenvalue weighted by molar-refractivity contribution is -0.253. The number of aliphatic hydroxyl groups is 1. The van der Waals surface area contributed by atoms with Crippen molar-refractivity contribution in [1.29, 1.82) is 0 Å². The van der Waals surface area contributed by atoms with E-state index in [1.165, 1.54) is 77.0 Å². The molecule has 0 aliphatic carbocycles. The fourth-order valence-corrected chi connectivity index (χ4v) is 7.08. The van der Waals surface area contributed by atoms with Gasteiger partial charge in [-0.05, 0) is 65.9 Å². The lowest BCUT2D eigenvalue weighted by Crippen LogP contribution is -2.40. The number of carboxylic acid groups (broad SMARTS) is 1. The summed E-state index contributed by atoms with van der Waals surface area (Å²) >= 11 is 0. The fourth-order valence-electron chi connectivity index (χ4n) is 7.08. The molecular formula is C45H64N2O6. The number of aliphatic hydroxyl groups excluding tert-OH is 1. The molecule has 3 aromatic rings. The van der Waals surface area contributed by atoms with Gasteiger partial charge in [-0.2, -0.15) is 0 Å². The van der Waals surface area contributed by atoms with Crippen molar-refractivity contribution in [3.05, 3.63) is 95.1 Å². The SMILES string of the molecule is CCCCCCCCN(CCCCCCCC)CC1CC(c2ccc(CO)cc2)OC(c2cccc(-c3cccc(CNC(=O)CCC(=O)O)c3)c2)O1. The molecule has 0 spiro atoms. The first-order valence-electron chi connectivity index (χ1n) is 20.3. The van der Waals surface area contributed by atoms with E-state index in [0.29, 0.717) is 6.54 Å². The molecule has 1 fully saturated rings. The van der Waals surface area contributed by atoms with Crippen molar-refractivity contribution in [2.24, 2.45) is 0 Å². The highest BCUT2D eigenvalue weighted by Gasteiger charge is 2.33. The second kappa shape index (κ2) is 24.0. The van der Waals surface area contributed by atoms with Crippen molar-refractivity contribution < 1.29 is 29.3 Å². The summed E-state index contributed by atoms with van der Waals surface area (Å²) < 4.78 is 13.6. The molecular weight excluding hydrogens is 665 g/mol. The Morgan fingerprint density at radius 1 is 0.717 bits per heavy atom. The van der Waals surface area contributed by atoms with Gasteiger partial charge in [-0.25, -0.2) is 0 Å². The topological polar surface area (TPSA) is 108 Å². The van der Waals surface area contributed by atoms with E-state index >= 15 is 0 Å². The lowest BCUT2D eigenvalue weighted by Gasteiger charge is -2.38. The van der Waals surface area contributed by atoms with Crippen molar-refractivity contribution in [3.63, 3.8) is 0 Å². The predicted octanol–water partition coefficient (Wildman–Crippen LogP) is 9.90. The highest BCUT2D eigenvalue weighted by atomic mass is 16.7. The Hall–Kier alpha value is -3.56. The van der Waals surface area contributed by atoms with Crippen LogP contribution in [0.4, 0.5) is 0 Å². The molecule has 3 atom stereocenters. The zero-order valence-corrected chi connectivity index (χ0v) is 32.3.